The molecule has 2 aromatic heterocycles. The molecule has 0 aliphatic carbocycles. The van der Waals surface area contributed by atoms with Crippen LogP contribution in [-0.2, 0) is 4.79 Å². The molecule has 2 heterocycles. The summed E-state index contributed by atoms with van der Waals surface area (Å²) in [5.74, 6) is -2.56. The van der Waals surface area contributed by atoms with Crippen LogP contribution in [0.4, 0.5) is 13.2 Å². The first-order valence-electron chi connectivity index (χ1n) is 7.21. The Bertz CT molecular complexity index is 991. The van der Waals surface area contributed by atoms with Crippen LogP contribution in [0.3, 0.4) is 0 Å². The Morgan fingerprint density at radius 3 is 2.52 bits per heavy atom. The van der Waals surface area contributed by atoms with Crippen molar-refractivity contribution in [1.82, 2.24) is 15.2 Å². The van der Waals surface area contributed by atoms with Crippen LogP contribution in [-0.4, -0.2) is 34.4 Å². The second-order valence-electron chi connectivity index (χ2n) is 5.00. The van der Waals surface area contributed by atoms with Gasteiger partial charge in [-0.1, -0.05) is 0 Å². The average Bonchev–Trinajstić information content (AvgIpc) is 3.11. The van der Waals surface area contributed by atoms with Gasteiger partial charge in [-0.05, 0) is 46.3 Å². The standard InChI is InChI=1S/C16H9BrF3N3O4/c1-25-8-4-5-11(17)10(7-8)14-23-22-13(26-14)9-3-2-6-21-12(9)27-15(24)16(18,19)20/h2-7H,1H3. The van der Waals surface area contributed by atoms with E-state index in [1.807, 2.05) is 0 Å². The molecular weight excluding hydrogens is 435 g/mol. The highest BCUT2D eigenvalue weighted by atomic mass is 79.9. The Hall–Kier alpha value is -2.95. The quantitative estimate of drug-likeness (QED) is 0.562. The average molecular weight is 444 g/mol. The van der Waals surface area contributed by atoms with E-state index in [9.17, 15) is 18.0 Å². The van der Waals surface area contributed by atoms with Crippen molar-refractivity contribution in [2.24, 2.45) is 0 Å². The van der Waals surface area contributed by atoms with Crippen molar-refractivity contribution >= 4 is 21.9 Å². The summed E-state index contributed by atoms with van der Waals surface area (Å²) in [6.07, 6.45) is -4.00. The van der Waals surface area contributed by atoms with Gasteiger partial charge in [-0.2, -0.15) is 13.2 Å². The predicted molar refractivity (Wildman–Crippen MR) is 88.9 cm³/mol. The monoisotopic (exact) mass is 443 g/mol. The molecule has 0 saturated heterocycles. The van der Waals surface area contributed by atoms with Gasteiger partial charge in [-0.25, -0.2) is 9.78 Å². The molecule has 1 aromatic carbocycles. The van der Waals surface area contributed by atoms with Gasteiger partial charge in [0.1, 0.15) is 11.3 Å². The van der Waals surface area contributed by atoms with Crippen molar-refractivity contribution in [3.05, 3.63) is 41.0 Å². The van der Waals surface area contributed by atoms with Crippen molar-refractivity contribution < 1.29 is 31.9 Å². The van der Waals surface area contributed by atoms with Gasteiger partial charge in [0.05, 0.1) is 12.7 Å². The largest absolute Gasteiger partial charge is 0.497 e. The first-order chi connectivity index (χ1) is 12.8. The predicted octanol–water partition coefficient (Wildman–Crippen LogP) is 4.04. The highest BCUT2D eigenvalue weighted by Gasteiger charge is 2.42. The van der Waals surface area contributed by atoms with Gasteiger partial charge in [-0.3, -0.25) is 0 Å². The van der Waals surface area contributed by atoms with Crippen molar-refractivity contribution in [1.29, 1.82) is 0 Å². The number of hydrogen-bond donors (Lipinski definition) is 0. The van der Waals surface area contributed by atoms with E-state index in [0.29, 0.717) is 15.8 Å². The first kappa shape index (κ1) is 18.8. The first-order valence-corrected chi connectivity index (χ1v) is 8.00. The maximum atomic E-state index is 12.4. The van der Waals surface area contributed by atoms with E-state index < -0.39 is 18.0 Å². The normalized spacial score (nSPS) is 11.3. The number of ether oxygens (including phenoxy) is 2. The van der Waals surface area contributed by atoms with Crippen LogP contribution in [0.1, 0.15) is 0 Å². The van der Waals surface area contributed by atoms with E-state index >= 15 is 0 Å². The van der Waals surface area contributed by atoms with Crippen molar-refractivity contribution in [2.75, 3.05) is 7.11 Å². The maximum Gasteiger partial charge on any atom is 0.491 e. The number of hydrogen-bond acceptors (Lipinski definition) is 7. The molecule has 27 heavy (non-hydrogen) atoms. The number of rotatable bonds is 4. The molecule has 7 nitrogen and oxygen atoms in total. The van der Waals surface area contributed by atoms with Gasteiger partial charge < -0.3 is 13.9 Å². The number of pyridine rings is 1. The minimum absolute atomic E-state index is 0.0622. The lowest BCUT2D eigenvalue weighted by Gasteiger charge is -2.08. The van der Waals surface area contributed by atoms with Gasteiger partial charge in [0.15, 0.2) is 0 Å². The highest BCUT2D eigenvalue weighted by Crippen LogP contribution is 2.34. The van der Waals surface area contributed by atoms with Gasteiger partial charge in [0.2, 0.25) is 11.8 Å². The Morgan fingerprint density at radius 1 is 1.15 bits per heavy atom. The molecule has 3 aromatic rings. The van der Waals surface area contributed by atoms with Crippen LogP contribution in [0.2, 0.25) is 0 Å². The van der Waals surface area contributed by atoms with E-state index in [2.05, 4.69) is 35.8 Å². The zero-order chi connectivity index (χ0) is 19.6. The molecule has 3 rings (SSSR count). The fourth-order valence-corrected chi connectivity index (χ4v) is 2.43. The molecule has 0 bridgehead atoms. The molecule has 0 saturated carbocycles. The van der Waals surface area contributed by atoms with Gasteiger partial charge in [-0.15, -0.1) is 10.2 Å². The van der Waals surface area contributed by atoms with Crippen LogP contribution in [0.5, 0.6) is 11.6 Å². The fourth-order valence-electron chi connectivity index (χ4n) is 2.02. The molecule has 0 unspecified atom stereocenters. The van der Waals surface area contributed by atoms with Crippen LogP contribution >= 0.6 is 15.9 Å². The second-order valence-corrected chi connectivity index (χ2v) is 5.86. The lowest BCUT2D eigenvalue weighted by Crippen LogP contribution is -2.28. The van der Waals surface area contributed by atoms with Crippen LogP contribution in [0.15, 0.2) is 45.4 Å². The molecule has 11 heteroatoms. The van der Waals surface area contributed by atoms with E-state index in [1.165, 1.54) is 25.4 Å². The molecule has 0 amide bonds. The number of aromatic nitrogens is 3. The number of alkyl halides is 3. The number of carbonyl (C=O) groups is 1. The third-order valence-corrected chi connectivity index (χ3v) is 3.94. The second kappa shape index (κ2) is 7.35. The maximum absolute atomic E-state index is 12.4. The Balaban J connectivity index is 1.97. The number of nitrogens with zero attached hydrogens (tertiary/aromatic N) is 3. The zero-order valence-electron chi connectivity index (χ0n) is 13.5. The SMILES string of the molecule is COc1ccc(Br)c(-c2nnc(-c3cccnc3OC(=O)C(F)(F)F)o2)c1. The Labute approximate surface area is 158 Å². The minimum Gasteiger partial charge on any atom is -0.497 e. The number of carbonyl (C=O) groups excluding carboxylic acids is 1. The lowest BCUT2D eigenvalue weighted by atomic mass is 10.2. The smallest absolute Gasteiger partial charge is 0.491 e. The third-order valence-electron chi connectivity index (χ3n) is 3.25. The minimum atomic E-state index is -5.17. The van der Waals surface area contributed by atoms with Crippen molar-refractivity contribution in [3.63, 3.8) is 0 Å². The summed E-state index contributed by atoms with van der Waals surface area (Å²) in [4.78, 5) is 14.7. The molecule has 0 aliphatic heterocycles. The van der Waals surface area contributed by atoms with Crippen molar-refractivity contribution in [3.8, 4) is 34.5 Å². The topological polar surface area (TPSA) is 87.3 Å². The fraction of sp³-hybridized carbons (Fsp3) is 0.125. The number of halogens is 4. The molecular formula is C16H9BrF3N3O4. The summed E-state index contributed by atoms with van der Waals surface area (Å²) >= 11 is 3.34. The van der Waals surface area contributed by atoms with Crippen LogP contribution in [0.25, 0.3) is 22.9 Å². The zero-order valence-corrected chi connectivity index (χ0v) is 15.0. The molecule has 0 atom stereocenters. The number of esters is 1. The van der Waals surface area contributed by atoms with Gasteiger partial charge in [0, 0.05) is 10.7 Å². The molecule has 0 fully saturated rings. The summed E-state index contributed by atoms with van der Waals surface area (Å²) in [6, 6.07) is 7.81. The molecule has 0 N–H and O–H groups in total. The summed E-state index contributed by atoms with van der Waals surface area (Å²) < 4.78 is 52.9. The van der Waals surface area contributed by atoms with E-state index in [1.54, 1.807) is 18.2 Å². The summed E-state index contributed by atoms with van der Waals surface area (Å²) in [5.41, 5.74) is 0.443. The number of methoxy groups -OCH3 is 1. The molecule has 140 valence electrons. The number of benzene rings is 1. The van der Waals surface area contributed by atoms with Crippen LogP contribution in [0, 0.1) is 0 Å². The Morgan fingerprint density at radius 2 is 1.85 bits per heavy atom. The summed E-state index contributed by atoms with van der Waals surface area (Å²) in [6.45, 7) is 0. The summed E-state index contributed by atoms with van der Waals surface area (Å²) in [5, 5.41) is 7.67. The van der Waals surface area contributed by atoms with Crippen LogP contribution < -0.4 is 9.47 Å². The molecule has 0 radical (unpaired) electrons. The molecule has 0 aliphatic rings. The van der Waals surface area contributed by atoms with Crippen molar-refractivity contribution in [2.45, 2.75) is 6.18 Å². The van der Waals surface area contributed by atoms with Gasteiger partial charge in [0.25, 0.3) is 5.89 Å². The Kier molecular flexibility index (Phi) is 5.13. The summed E-state index contributed by atoms with van der Waals surface area (Å²) in [7, 11) is 1.49. The van der Waals surface area contributed by atoms with E-state index in [4.69, 9.17) is 9.15 Å². The molecule has 0 spiro atoms. The highest BCUT2D eigenvalue weighted by molar-refractivity contribution is 9.10. The van der Waals surface area contributed by atoms with E-state index in [0.717, 1.165) is 0 Å². The van der Waals surface area contributed by atoms with E-state index in [-0.39, 0.29) is 17.3 Å². The lowest BCUT2D eigenvalue weighted by molar-refractivity contribution is -0.189. The van der Waals surface area contributed by atoms with Gasteiger partial charge >= 0.3 is 12.1 Å². The third kappa shape index (κ3) is 4.08.